The molecule has 21 nitrogen and oxygen atoms in total. The van der Waals surface area contributed by atoms with Crippen LogP contribution in [0.3, 0.4) is 0 Å². The lowest BCUT2D eigenvalue weighted by molar-refractivity contribution is -0.136. The number of rotatable bonds is 22. The van der Waals surface area contributed by atoms with Crippen molar-refractivity contribution in [3.63, 3.8) is 0 Å². The summed E-state index contributed by atoms with van der Waals surface area (Å²) >= 11 is 0. The van der Waals surface area contributed by atoms with E-state index in [1.54, 1.807) is 85.2 Å². The van der Waals surface area contributed by atoms with E-state index in [-0.39, 0.29) is 51.4 Å². The summed E-state index contributed by atoms with van der Waals surface area (Å²) in [5.41, 5.74) is 22.7. The fourth-order valence-electron chi connectivity index (χ4n) is 11.1. The van der Waals surface area contributed by atoms with Crippen molar-refractivity contribution in [1.82, 2.24) is 52.5 Å². The molecule has 88 heavy (non-hydrogen) atoms. The fourth-order valence-corrected chi connectivity index (χ4v) is 11.1. The molecule has 0 bridgehead atoms. The van der Waals surface area contributed by atoms with Crippen LogP contribution in [0.4, 0.5) is 0 Å². The molecule has 0 saturated carbocycles. The number of hydrogen-bond acceptors (Lipinski definition) is 11. The van der Waals surface area contributed by atoms with Crippen molar-refractivity contribution in [1.29, 1.82) is 0 Å². The molecule has 464 valence electrons. The lowest BCUT2D eigenvalue weighted by atomic mass is 9.99. The number of nitrogens with one attached hydrogen (secondary N) is 10. The summed E-state index contributed by atoms with van der Waals surface area (Å²) in [5.74, 6) is -5.80. The monoisotopic (exact) mass is 1200 g/mol. The summed E-state index contributed by atoms with van der Waals surface area (Å²) in [4.78, 5) is 127. The molecule has 1 aliphatic rings. The number of amides is 8. The van der Waals surface area contributed by atoms with Crippen molar-refractivity contribution >= 4 is 69.1 Å². The first-order chi connectivity index (χ1) is 42.8. The maximum atomic E-state index is 15.2. The van der Waals surface area contributed by atoms with Crippen LogP contribution in [0.15, 0.2) is 152 Å². The number of carbonyl (C=O) groups excluding carboxylic acids is 8. The quantitative estimate of drug-likeness (QED) is 0.0436. The number of hydrogen-bond donors (Lipinski definition) is 13. The molecule has 8 amide bonds. The van der Waals surface area contributed by atoms with E-state index < -0.39 is 95.6 Å². The number of H-pyrrole nitrogens is 2. The molecule has 1 saturated heterocycles. The zero-order valence-corrected chi connectivity index (χ0v) is 49.6. The Morgan fingerprint density at radius 2 is 0.511 bits per heavy atom. The van der Waals surface area contributed by atoms with E-state index in [0.29, 0.717) is 86.0 Å². The molecule has 16 N–H and O–H groups in total. The standard InChI is InChI=1S/C67H83N13O8/c68-33-17-14-30-52-60(81)74-54(32-16-19-35-70)62(83)79-59(40-47-42-72-51-29-13-11-27-49(47)51)67(88)78-56(37-44-22-6-2-7-23-44)64(85)76-55(36-43-20-4-1-5-21-43)63(84)77-57(38-45-24-8-3-9-25-45)65(86)80-58(39-46-41-71-50-28-12-10-26-48(46)50)66(87)75-53(61(82)73-52)31-15-18-34-69/h1-13,20-29,41-42,52-59,71-72H,14-19,30-40,68-70H2,(H,73,82)(H,74,81)(H,75,87)(H,76,85)(H,77,84)(H,78,88)(H,79,83)(H,80,86)/t52-,53-,54-,55-,56-,57-,58-,59-/m0/s1. The van der Waals surface area contributed by atoms with Gasteiger partial charge in [0.2, 0.25) is 47.3 Å². The van der Waals surface area contributed by atoms with Crippen molar-refractivity contribution in [3.05, 3.63) is 180 Å². The highest BCUT2D eigenvalue weighted by atomic mass is 16.2. The van der Waals surface area contributed by atoms with Crippen LogP contribution < -0.4 is 59.7 Å². The normalized spacial score (nSPS) is 21.4. The van der Waals surface area contributed by atoms with Gasteiger partial charge in [-0.15, -0.1) is 0 Å². The Hall–Kier alpha value is -9.18. The molecule has 0 spiro atoms. The van der Waals surface area contributed by atoms with Gasteiger partial charge in [0.15, 0.2) is 0 Å². The van der Waals surface area contributed by atoms with Crippen LogP contribution in [0.1, 0.15) is 85.6 Å². The average molecular weight is 1200 g/mol. The lowest BCUT2D eigenvalue weighted by Crippen LogP contribution is -2.62. The minimum Gasteiger partial charge on any atom is -0.361 e. The van der Waals surface area contributed by atoms with Crippen LogP contribution in [-0.4, -0.2) is 125 Å². The number of benzene rings is 5. The SMILES string of the molecule is NCCCC[C@@H]1NC(=O)[C@H](CCCCN)NC(=O)[C@H](Cc2c[nH]c3ccccc23)NC(=O)[C@H](Cc2ccccc2)NC(=O)[C@H](Cc2ccccc2)NC(=O)[C@H](Cc2ccccc2)NC(=O)[C@H](Cc2c[nH]c3ccccc23)NC(=O)[C@H](CCCCN)NC1=O. The minimum absolute atomic E-state index is 0.0479. The number of aromatic nitrogens is 2. The first-order valence-corrected chi connectivity index (χ1v) is 30.6. The van der Waals surface area contributed by atoms with E-state index in [1.165, 1.54) is 0 Å². The maximum absolute atomic E-state index is 15.2. The van der Waals surface area contributed by atoms with E-state index >= 15 is 24.0 Å². The molecule has 1 aliphatic heterocycles. The number of para-hydroxylation sites is 2. The second-order valence-electron chi connectivity index (χ2n) is 22.5. The molecular weight excluding hydrogens is 1110 g/mol. The average Bonchev–Trinajstić information content (AvgIpc) is 3.17. The molecule has 7 aromatic rings. The van der Waals surface area contributed by atoms with E-state index in [1.807, 2.05) is 66.7 Å². The van der Waals surface area contributed by atoms with Crippen molar-refractivity contribution in [3.8, 4) is 0 Å². The van der Waals surface area contributed by atoms with Gasteiger partial charge in [-0.1, -0.05) is 127 Å². The Morgan fingerprint density at radius 1 is 0.273 bits per heavy atom. The molecule has 0 unspecified atom stereocenters. The first-order valence-electron chi connectivity index (χ1n) is 30.6. The van der Waals surface area contributed by atoms with Gasteiger partial charge < -0.3 is 69.7 Å². The summed E-state index contributed by atoms with van der Waals surface area (Å²) in [6, 6.07) is 31.4. The summed E-state index contributed by atoms with van der Waals surface area (Å²) < 4.78 is 0. The smallest absolute Gasteiger partial charge is 0.243 e. The molecule has 1 fully saturated rings. The zero-order valence-electron chi connectivity index (χ0n) is 49.6. The zero-order chi connectivity index (χ0) is 62.2. The fraction of sp³-hybridized carbons (Fsp3) is 0.373. The van der Waals surface area contributed by atoms with E-state index in [9.17, 15) is 14.4 Å². The van der Waals surface area contributed by atoms with Gasteiger partial charge in [0.25, 0.3) is 0 Å². The Bertz CT molecular complexity index is 3310. The maximum Gasteiger partial charge on any atom is 0.243 e. The summed E-state index contributed by atoms with van der Waals surface area (Å²) in [5, 5.41) is 25.0. The largest absolute Gasteiger partial charge is 0.361 e. The highest BCUT2D eigenvalue weighted by Gasteiger charge is 2.37. The van der Waals surface area contributed by atoms with Gasteiger partial charge in [-0.05, 0) is 117 Å². The van der Waals surface area contributed by atoms with E-state index in [2.05, 4.69) is 52.5 Å². The van der Waals surface area contributed by atoms with Crippen LogP contribution in [0.2, 0.25) is 0 Å². The third-order valence-corrected chi connectivity index (χ3v) is 16.0. The summed E-state index contributed by atoms with van der Waals surface area (Å²) in [6.07, 6.45) is 6.19. The second kappa shape index (κ2) is 33.1. The van der Waals surface area contributed by atoms with Crippen LogP contribution in [0.5, 0.6) is 0 Å². The molecule has 0 aliphatic carbocycles. The Labute approximate surface area is 512 Å². The van der Waals surface area contributed by atoms with Crippen LogP contribution >= 0.6 is 0 Å². The number of nitrogens with two attached hydrogens (primary N) is 3. The molecule has 3 heterocycles. The Kier molecular flexibility index (Phi) is 24.4. The molecule has 8 rings (SSSR count). The molecule has 8 atom stereocenters. The van der Waals surface area contributed by atoms with Crippen LogP contribution in [0.25, 0.3) is 21.8 Å². The van der Waals surface area contributed by atoms with E-state index in [4.69, 9.17) is 17.2 Å². The van der Waals surface area contributed by atoms with E-state index in [0.717, 1.165) is 21.8 Å². The third kappa shape index (κ3) is 18.7. The number of carbonyl (C=O) groups is 8. The van der Waals surface area contributed by atoms with Crippen molar-refractivity contribution < 1.29 is 38.4 Å². The molecular formula is C67H83N13O8. The van der Waals surface area contributed by atoms with Crippen LogP contribution in [0, 0.1) is 0 Å². The van der Waals surface area contributed by atoms with Gasteiger partial charge in [-0.2, -0.15) is 0 Å². The second-order valence-corrected chi connectivity index (χ2v) is 22.5. The minimum atomic E-state index is -1.35. The molecule has 2 aromatic heterocycles. The van der Waals surface area contributed by atoms with Gasteiger partial charge in [0.05, 0.1) is 0 Å². The van der Waals surface area contributed by atoms with Gasteiger partial charge in [0, 0.05) is 66.3 Å². The third-order valence-electron chi connectivity index (χ3n) is 16.0. The van der Waals surface area contributed by atoms with Crippen molar-refractivity contribution in [2.24, 2.45) is 17.2 Å². The molecule has 5 aromatic carbocycles. The number of unbranched alkanes of at least 4 members (excludes halogenated alkanes) is 3. The first kappa shape index (κ1) is 64.8. The number of aromatic amines is 2. The van der Waals surface area contributed by atoms with Gasteiger partial charge in [0.1, 0.15) is 48.3 Å². The highest BCUT2D eigenvalue weighted by Crippen LogP contribution is 2.22. The van der Waals surface area contributed by atoms with Gasteiger partial charge >= 0.3 is 0 Å². The predicted molar refractivity (Wildman–Crippen MR) is 339 cm³/mol. The number of fused-ring (bicyclic) bond motifs is 2. The predicted octanol–water partition coefficient (Wildman–Crippen LogP) is 3.44. The van der Waals surface area contributed by atoms with Crippen molar-refractivity contribution in [2.75, 3.05) is 19.6 Å². The van der Waals surface area contributed by atoms with Gasteiger partial charge in [-0.3, -0.25) is 38.4 Å². The van der Waals surface area contributed by atoms with Crippen molar-refractivity contribution in [2.45, 2.75) is 138 Å². The lowest BCUT2D eigenvalue weighted by Gasteiger charge is -2.29. The Balaban J connectivity index is 1.23. The highest BCUT2D eigenvalue weighted by molar-refractivity contribution is 6.00. The van der Waals surface area contributed by atoms with Gasteiger partial charge in [-0.25, -0.2) is 0 Å². The molecule has 0 radical (unpaired) electrons. The van der Waals surface area contributed by atoms with Crippen LogP contribution in [-0.2, 0) is 70.5 Å². The topological polar surface area (TPSA) is 342 Å². The molecule has 21 heteroatoms. The Morgan fingerprint density at radius 3 is 0.795 bits per heavy atom. The summed E-state index contributed by atoms with van der Waals surface area (Å²) in [6.45, 7) is 0.885. The summed E-state index contributed by atoms with van der Waals surface area (Å²) in [7, 11) is 0.